The summed E-state index contributed by atoms with van der Waals surface area (Å²) in [6, 6.07) is 14.3. The van der Waals surface area contributed by atoms with E-state index in [0.717, 1.165) is 11.1 Å². The molecule has 2 aromatic carbocycles. The third-order valence-electron chi connectivity index (χ3n) is 3.61. The summed E-state index contributed by atoms with van der Waals surface area (Å²) in [4.78, 5) is 29.1. The van der Waals surface area contributed by atoms with Gasteiger partial charge in [-0.1, -0.05) is 36.4 Å². The van der Waals surface area contributed by atoms with Crippen LogP contribution in [0.4, 0.5) is 11.4 Å². The average molecular weight is 384 g/mol. The van der Waals surface area contributed by atoms with Crippen LogP contribution in [0.25, 0.3) is 0 Å². The van der Waals surface area contributed by atoms with Gasteiger partial charge in [-0.15, -0.1) is 0 Å². The van der Waals surface area contributed by atoms with Crippen molar-refractivity contribution in [3.63, 3.8) is 0 Å². The number of hydrogen-bond donors (Lipinski definition) is 0. The number of para-hydroxylation sites is 2. The molecule has 7 heteroatoms. The second kappa shape index (κ2) is 7.87. The van der Waals surface area contributed by atoms with Crippen molar-refractivity contribution in [1.82, 2.24) is 0 Å². The second-order valence-corrected chi connectivity index (χ2v) is 5.29. The fourth-order valence-electron chi connectivity index (χ4n) is 2.38. The summed E-state index contributed by atoms with van der Waals surface area (Å²) in [6.45, 7) is 0. The number of carbonyl (C=O) groups excluding carboxylic acids is 2. The van der Waals surface area contributed by atoms with Gasteiger partial charge in [-0.05, 0) is 23.3 Å². The topological polar surface area (TPSA) is 105 Å². The first kappa shape index (κ1) is 18.6. The molecule has 1 radical (unpaired) electrons. The maximum atomic E-state index is 10.9. The molecule has 0 bridgehead atoms. The van der Waals surface area contributed by atoms with Crippen LogP contribution in [0.3, 0.4) is 0 Å². The zero-order valence-electron chi connectivity index (χ0n) is 12.9. The Morgan fingerprint density at radius 1 is 0.680 bits per heavy atom. The van der Waals surface area contributed by atoms with Gasteiger partial charge in [-0.3, -0.25) is 19.6 Å². The second-order valence-electron chi connectivity index (χ2n) is 5.29. The molecule has 2 aliphatic heterocycles. The fraction of sp³-hybridized carbons (Fsp3) is 0.111. The first-order valence-electron chi connectivity index (χ1n) is 7.28. The minimum absolute atomic E-state index is 0. The molecule has 0 saturated heterocycles. The zero-order chi connectivity index (χ0) is 17.1. The Kier molecular flexibility index (Phi) is 5.85. The third kappa shape index (κ3) is 4.21. The van der Waals surface area contributed by atoms with Crippen molar-refractivity contribution in [3.05, 3.63) is 59.7 Å². The minimum atomic E-state index is -0.631. The van der Waals surface area contributed by atoms with Crippen molar-refractivity contribution < 1.29 is 36.9 Å². The smallest absolute Gasteiger partial charge is 0.856 e. The Hall–Kier alpha value is -2.76. The van der Waals surface area contributed by atoms with Crippen LogP contribution in [0, 0.1) is 0 Å². The van der Waals surface area contributed by atoms with Crippen LogP contribution in [0.5, 0.6) is 0 Å². The van der Waals surface area contributed by atoms with Gasteiger partial charge in [0.15, 0.2) is 11.6 Å². The zero-order valence-corrected chi connectivity index (χ0v) is 13.8. The Balaban J connectivity index is 0.000000173. The van der Waals surface area contributed by atoms with E-state index in [1.807, 2.05) is 24.3 Å². The van der Waals surface area contributed by atoms with Crippen molar-refractivity contribution in [3.8, 4) is 0 Å². The molecule has 129 valence electrons. The molecule has 0 aromatic heterocycles. The van der Waals surface area contributed by atoms with Crippen molar-refractivity contribution in [1.29, 1.82) is 0 Å². The molecule has 0 saturated carbocycles. The van der Waals surface area contributed by atoms with E-state index in [2.05, 4.69) is 9.98 Å². The Morgan fingerprint density at radius 3 is 1.44 bits per heavy atom. The van der Waals surface area contributed by atoms with E-state index in [-0.39, 0.29) is 29.9 Å². The summed E-state index contributed by atoms with van der Waals surface area (Å²) in [5, 5.41) is 21.7. The van der Waals surface area contributed by atoms with Crippen LogP contribution in [0.1, 0.15) is 11.1 Å². The van der Waals surface area contributed by atoms with E-state index >= 15 is 0 Å². The maximum absolute atomic E-state index is 10.9. The van der Waals surface area contributed by atoms with Gasteiger partial charge in [0.05, 0.1) is 11.4 Å². The molecule has 4 rings (SSSR count). The largest absolute Gasteiger partial charge is 2.00 e. The molecular weight excluding hydrogens is 372 g/mol. The number of hydrogen-bond acceptors (Lipinski definition) is 6. The summed E-state index contributed by atoms with van der Waals surface area (Å²) < 4.78 is 0. The Morgan fingerprint density at radius 2 is 1.04 bits per heavy atom. The fourth-order valence-corrected chi connectivity index (χ4v) is 2.38. The Bertz CT molecular complexity index is 817. The molecule has 0 unspecified atom stereocenters. The van der Waals surface area contributed by atoms with Crippen LogP contribution in [-0.2, 0) is 39.5 Å². The van der Waals surface area contributed by atoms with Crippen LogP contribution in [0.15, 0.2) is 58.5 Å². The molecule has 0 N–H and O–H groups in total. The number of benzene rings is 2. The summed E-state index contributed by atoms with van der Waals surface area (Å²) >= 11 is 0. The summed E-state index contributed by atoms with van der Waals surface area (Å²) in [7, 11) is 0. The summed E-state index contributed by atoms with van der Waals surface area (Å²) in [5.74, 6) is -2.11. The summed E-state index contributed by atoms with van der Waals surface area (Å²) in [5.41, 5.74) is 2.92. The molecule has 2 aromatic rings. The third-order valence-corrected chi connectivity index (χ3v) is 3.61. The quantitative estimate of drug-likeness (QED) is 0.614. The molecule has 0 spiro atoms. The molecule has 0 atom stereocenters. The van der Waals surface area contributed by atoms with Crippen LogP contribution < -0.4 is 10.2 Å². The van der Waals surface area contributed by atoms with Gasteiger partial charge in [0.25, 0.3) is 0 Å². The number of fused-ring (bicyclic) bond motifs is 2. The number of Topliss-reactive ketones (excluding diaryl/α,β-unsaturated/α-hetero) is 2. The maximum Gasteiger partial charge on any atom is 2.00 e. The van der Waals surface area contributed by atoms with Gasteiger partial charge in [0.2, 0.25) is 0 Å². The van der Waals surface area contributed by atoms with Crippen molar-refractivity contribution in [2.45, 2.75) is 12.8 Å². The van der Waals surface area contributed by atoms with Crippen LogP contribution >= 0.6 is 0 Å². The molecule has 0 amide bonds. The summed E-state index contributed by atoms with van der Waals surface area (Å²) in [6.07, 6.45) is 0.386. The van der Waals surface area contributed by atoms with Crippen molar-refractivity contribution >= 4 is 34.7 Å². The number of ketones is 2. The predicted octanol–water partition coefficient (Wildman–Crippen LogP) is 0.402. The monoisotopic (exact) mass is 383 g/mol. The van der Waals surface area contributed by atoms with Gasteiger partial charge < -0.3 is 10.2 Å². The van der Waals surface area contributed by atoms with Gasteiger partial charge in [0, 0.05) is 24.6 Å². The molecule has 6 nitrogen and oxygen atoms in total. The van der Waals surface area contributed by atoms with Crippen LogP contribution in [0.2, 0.25) is 0 Å². The minimum Gasteiger partial charge on any atom is -0.856 e. The molecular formula is C18H12CuN2O4. The normalized spacial score (nSPS) is 14.7. The number of carbonyl (C=O) groups is 2. The molecule has 0 aliphatic carbocycles. The van der Waals surface area contributed by atoms with E-state index in [1.54, 1.807) is 24.3 Å². The van der Waals surface area contributed by atoms with Crippen LogP contribution in [-0.4, -0.2) is 23.4 Å². The molecule has 2 aliphatic rings. The molecule has 2 heterocycles. The average Bonchev–Trinajstić information content (AvgIpc) is 2.57. The SMILES string of the molecule is O=C1Cc2ccccc2N=C1[O-].O=C1Cc2ccccc2N=C1[O-].[Cu+2]. The number of nitrogens with zero attached hydrogens (tertiary/aromatic N) is 2. The van der Waals surface area contributed by atoms with E-state index < -0.39 is 23.4 Å². The standard InChI is InChI=1S/2C9H7NO2.Cu/c2*11-8-5-6-3-1-2-4-7(6)10-9(8)12;/h2*1-4H,5H2,(H,10,12);/q;;+2/p-2. The van der Waals surface area contributed by atoms with Gasteiger partial charge in [-0.2, -0.15) is 0 Å². The molecule has 0 fully saturated rings. The first-order valence-corrected chi connectivity index (χ1v) is 7.28. The van der Waals surface area contributed by atoms with Crippen molar-refractivity contribution in [2.75, 3.05) is 0 Å². The van der Waals surface area contributed by atoms with Gasteiger partial charge in [0.1, 0.15) is 0 Å². The first-order chi connectivity index (χ1) is 11.5. The van der Waals surface area contributed by atoms with E-state index in [9.17, 15) is 19.8 Å². The van der Waals surface area contributed by atoms with E-state index in [4.69, 9.17) is 0 Å². The number of aliphatic imine (C=N–C) groups is 2. The Labute approximate surface area is 154 Å². The molecule has 25 heavy (non-hydrogen) atoms. The number of rotatable bonds is 0. The predicted molar refractivity (Wildman–Crippen MR) is 84.5 cm³/mol. The van der Waals surface area contributed by atoms with Crippen molar-refractivity contribution in [2.24, 2.45) is 9.98 Å². The van der Waals surface area contributed by atoms with Gasteiger partial charge in [-0.25, -0.2) is 0 Å². The van der Waals surface area contributed by atoms with E-state index in [0.29, 0.717) is 11.4 Å². The van der Waals surface area contributed by atoms with Gasteiger partial charge >= 0.3 is 17.1 Å². The van der Waals surface area contributed by atoms with E-state index in [1.165, 1.54) is 0 Å².